The third-order valence-corrected chi connectivity index (χ3v) is 2.48. The zero-order chi connectivity index (χ0) is 11.2. The van der Waals surface area contributed by atoms with Crippen LogP contribution in [0.1, 0.15) is 16.7 Å². The SMILES string of the molecule is Cc1ccccc1C=C=Cc1ccccc1. The summed E-state index contributed by atoms with van der Waals surface area (Å²) >= 11 is 0. The van der Waals surface area contributed by atoms with Crippen molar-refractivity contribution >= 4 is 12.2 Å². The van der Waals surface area contributed by atoms with Gasteiger partial charge in [0.2, 0.25) is 0 Å². The molecule has 0 saturated carbocycles. The lowest BCUT2D eigenvalue weighted by Gasteiger charge is -1.95. The topological polar surface area (TPSA) is 0 Å². The van der Waals surface area contributed by atoms with Gasteiger partial charge < -0.3 is 0 Å². The summed E-state index contributed by atoms with van der Waals surface area (Å²) in [5.74, 6) is 0. The van der Waals surface area contributed by atoms with Crippen LogP contribution in [0.25, 0.3) is 12.2 Å². The summed E-state index contributed by atoms with van der Waals surface area (Å²) in [5, 5.41) is 0. The van der Waals surface area contributed by atoms with Crippen LogP contribution >= 0.6 is 0 Å². The van der Waals surface area contributed by atoms with Crippen molar-refractivity contribution in [1.82, 2.24) is 0 Å². The second-order valence-electron chi connectivity index (χ2n) is 3.72. The van der Waals surface area contributed by atoms with Crippen molar-refractivity contribution in [3.63, 3.8) is 0 Å². The Morgan fingerprint density at radius 3 is 2.25 bits per heavy atom. The number of hydrogen-bond donors (Lipinski definition) is 0. The molecular formula is C16H14. The molecule has 2 aromatic carbocycles. The molecule has 0 N–H and O–H groups in total. The Labute approximate surface area is 96.6 Å². The van der Waals surface area contributed by atoms with E-state index in [1.165, 1.54) is 16.7 Å². The van der Waals surface area contributed by atoms with Crippen LogP contribution in [-0.4, -0.2) is 0 Å². The summed E-state index contributed by atoms with van der Waals surface area (Å²) in [6, 6.07) is 18.5. The highest BCUT2D eigenvalue weighted by molar-refractivity contribution is 5.59. The van der Waals surface area contributed by atoms with Crippen molar-refractivity contribution in [3.8, 4) is 0 Å². The van der Waals surface area contributed by atoms with Gasteiger partial charge in [-0.3, -0.25) is 0 Å². The molecule has 0 aliphatic carbocycles. The van der Waals surface area contributed by atoms with Crippen LogP contribution in [0.2, 0.25) is 0 Å². The average Bonchev–Trinajstić information content (AvgIpc) is 2.33. The van der Waals surface area contributed by atoms with Gasteiger partial charge in [0.25, 0.3) is 0 Å². The van der Waals surface area contributed by atoms with Crippen molar-refractivity contribution < 1.29 is 0 Å². The van der Waals surface area contributed by atoms with E-state index in [0.29, 0.717) is 0 Å². The normalized spacial score (nSPS) is 9.31. The van der Waals surface area contributed by atoms with Crippen LogP contribution in [-0.2, 0) is 0 Å². The number of rotatable bonds is 2. The maximum atomic E-state index is 3.21. The Hall–Kier alpha value is -2.04. The van der Waals surface area contributed by atoms with E-state index < -0.39 is 0 Å². The maximum absolute atomic E-state index is 3.21. The summed E-state index contributed by atoms with van der Waals surface area (Å²) in [7, 11) is 0. The largest absolute Gasteiger partial charge is 0.120 e. The van der Waals surface area contributed by atoms with E-state index in [2.05, 4.69) is 36.9 Å². The van der Waals surface area contributed by atoms with Gasteiger partial charge in [0.1, 0.15) is 0 Å². The molecule has 0 nitrogen and oxygen atoms in total. The van der Waals surface area contributed by atoms with Crippen LogP contribution in [0.15, 0.2) is 60.3 Å². The zero-order valence-electron chi connectivity index (χ0n) is 9.35. The van der Waals surface area contributed by atoms with Gasteiger partial charge in [-0.25, -0.2) is 0 Å². The number of hydrogen-bond acceptors (Lipinski definition) is 0. The first kappa shape index (κ1) is 10.5. The van der Waals surface area contributed by atoms with Crippen molar-refractivity contribution in [2.45, 2.75) is 6.92 Å². The van der Waals surface area contributed by atoms with E-state index in [0.717, 1.165) is 0 Å². The van der Waals surface area contributed by atoms with Crippen LogP contribution < -0.4 is 0 Å². The number of aryl methyl sites for hydroxylation is 1. The van der Waals surface area contributed by atoms with E-state index >= 15 is 0 Å². The van der Waals surface area contributed by atoms with Gasteiger partial charge in [0.05, 0.1) is 0 Å². The molecule has 2 aromatic rings. The highest BCUT2D eigenvalue weighted by atomic mass is 13.9. The van der Waals surface area contributed by atoms with Crippen LogP contribution in [0.3, 0.4) is 0 Å². The molecule has 0 bridgehead atoms. The number of benzene rings is 2. The fourth-order valence-electron chi connectivity index (χ4n) is 1.53. The van der Waals surface area contributed by atoms with Gasteiger partial charge >= 0.3 is 0 Å². The molecular weight excluding hydrogens is 192 g/mol. The molecule has 78 valence electrons. The van der Waals surface area contributed by atoms with Gasteiger partial charge in [-0.05, 0) is 35.8 Å². The van der Waals surface area contributed by atoms with Crippen molar-refractivity contribution in [2.24, 2.45) is 0 Å². The Balaban J connectivity index is 2.22. The molecule has 0 amide bonds. The molecule has 0 saturated heterocycles. The molecule has 0 aromatic heterocycles. The Kier molecular flexibility index (Phi) is 3.38. The van der Waals surface area contributed by atoms with Crippen molar-refractivity contribution in [1.29, 1.82) is 0 Å². The minimum Gasteiger partial charge on any atom is -0.120 e. The first-order valence-corrected chi connectivity index (χ1v) is 5.39. The monoisotopic (exact) mass is 206 g/mol. The Morgan fingerprint density at radius 1 is 0.812 bits per heavy atom. The standard InChI is InChI=1S/C16H14/c1-14-8-5-6-12-16(14)13-7-11-15-9-3-2-4-10-15/h2-6,8-13H,1H3. The van der Waals surface area contributed by atoms with Gasteiger partial charge in [-0.15, -0.1) is 5.73 Å². The van der Waals surface area contributed by atoms with Crippen LogP contribution in [0.4, 0.5) is 0 Å². The Morgan fingerprint density at radius 2 is 1.50 bits per heavy atom. The minimum absolute atomic E-state index is 1.17. The summed E-state index contributed by atoms with van der Waals surface area (Å²) in [5.41, 5.74) is 6.87. The molecule has 2 rings (SSSR count). The summed E-state index contributed by atoms with van der Waals surface area (Å²) in [4.78, 5) is 0. The van der Waals surface area contributed by atoms with Crippen molar-refractivity contribution in [2.75, 3.05) is 0 Å². The summed E-state index contributed by atoms with van der Waals surface area (Å²) in [6.45, 7) is 2.11. The molecule has 0 atom stereocenters. The third-order valence-electron chi connectivity index (χ3n) is 2.48. The zero-order valence-corrected chi connectivity index (χ0v) is 9.35. The molecule has 0 fully saturated rings. The first-order chi connectivity index (χ1) is 7.86. The van der Waals surface area contributed by atoms with Gasteiger partial charge in [0, 0.05) is 0 Å². The third kappa shape index (κ3) is 2.73. The molecule has 0 spiro atoms. The van der Waals surface area contributed by atoms with Crippen molar-refractivity contribution in [3.05, 3.63) is 77.0 Å². The summed E-state index contributed by atoms with van der Waals surface area (Å²) < 4.78 is 0. The highest BCUT2D eigenvalue weighted by Gasteiger charge is 1.89. The van der Waals surface area contributed by atoms with E-state index in [1.54, 1.807) is 0 Å². The first-order valence-electron chi connectivity index (χ1n) is 5.39. The molecule has 0 aliphatic rings. The van der Waals surface area contributed by atoms with E-state index in [4.69, 9.17) is 0 Å². The molecule has 0 heteroatoms. The molecule has 16 heavy (non-hydrogen) atoms. The molecule has 0 aliphatic heterocycles. The molecule has 0 unspecified atom stereocenters. The molecule has 0 heterocycles. The smallest absolute Gasteiger partial charge is 0.0124 e. The predicted octanol–water partition coefficient (Wildman–Crippen LogP) is 4.32. The van der Waals surface area contributed by atoms with Gasteiger partial charge in [0.15, 0.2) is 0 Å². The maximum Gasteiger partial charge on any atom is -0.0124 e. The lowest BCUT2D eigenvalue weighted by atomic mass is 10.1. The fraction of sp³-hybridized carbons (Fsp3) is 0.0625. The summed E-state index contributed by atoms with van der Waals surface area (Å²) in [6.07, 6.45) is 4.01. The lowest BCUT2D eigenvalue weighted by Crippen LogP contribution is -1.76. The van der Waals surface area contributed by atoms with E-state index in [1.807, 2.05) is 42.5 Å². The minimum atomic E-state index is 1.17. The Bertz CT molecular complexity index is 515. The second-order valence-corrected chi connectivity index (χ2v) is 3.72. The van der Waals surface area contributed by atoms with Crippen LogP contribution in [0, 0.1) is 6.92 Å². The fourth-order valence-corrected chi connectivity index (χ4v) is 1.53. The highest BCUT2D eigenvalue weighted by Crippen LogP contribution is 2.08. The van der Waals surface area contributed by atoms with E-state index in [-0.39, 0.29) is 0 Å². The second kappa shape index (κ2) is 5.16. The predicted molar refractivity (Wildman–Crippen MR) is 70.1 cm³/mol. The van der Waals surface area contributed by atoms with Crippen LogP contribution in [0.5, 0.6) is 0 Å². The van der Waals surface area contributed by atoms with Gasteiger partial charge in [-0.1, -0.05) is 54.6 Å². The lowest BCUT2D eigenvalue weighted by molar-refractivity contribution is 1.45. The molecule has 0 radical (unpaired) electrons. The van der Waals surface area contributed by atoms with Gasteiger partial charge in [-0.2, -0.15) is 0 Å². The quantitative estimate of drug-likeness (QED) is 0.642. The average molecular weight is 206 g/mol. The van der Waals surface area contributed by atoms with E-state index in [9.17, 15) is 0 Å².